The van der Waals surface area contributed by atoms with Gasteiger partial charge in [-0.05, 0) is 0 Å². The summed E-state index contributed by atoms with van der Waals surface area (Å²) in [6, 6.07) is 0. The van der Waals surface area contributed by atoms with Crippen LogP contribution in [-0.4, -0.2) is 24.5 Å². The minimum absolute atomic E-state index is 0. The summed E-state index contributed by atoms with van der Waals surface area (Å²) in [5.41, 5.74) is 0. The third-order valence-electron chi connectivity index (χ3n) is 0.206. The summed E-state index contributed by atoms with van der Waals surface area (Å²) in [7, 11) is -15.4. The van der Waals surface area contributed by atoms with Crippen LogP contribution in [0.4, 0.5) is 0 Å². The zero-order valence-electron chi connectivity index (χ0n) is 8.03. The Morgan fingerprint density at radius 3 is 1.06 bits per heavy atom. The molecule has 88 valence electrons. The molecule has 0 bridgehead atoms. The van der Waals surface area contributed by atoms with Crippen LogP contribution in [0.1, 0.15) is 0 Å². The molecule has 11 nitrogen and oxygen atoms in total. The molecule has 0 atom stereocenters. The topological polar surface area (TPSA) is 208 Å². The van der Waals surface area contributed by atoms with Crippen LogP contribution in [0, 0.1) is 0 Å². The number of phosphoric acid groups is 3. The van der Waals surface area contributed by atoms with Crippen molar-refractivity contribution in [2.75, 3.05) is 0 Å². The Labute approximate surface area is 154 Å². The second-order valence-corrected chi connectivity index (χ2v) is 5.09. The van der Waals surface area contributed by atoms with Crippen molar-refractivity contribution in [3.63, 3.8) is 0 Å². The fourth-order valence-electron chi connectivity index (χ4n) is 0.130. The average Bonchev–Trinajstić information content (AvgIpc) is 1.42. The summed E-state index contributed by atoms with van der Waals surface area (Å²) in [4.78, 5) is 55.7. The summed E-state index contributed by atoms with van der Waals surface area (Å²) in [5, 5.41) is 0. The zero-order valence-corrected chi connectivity index (χ0v) is 15.8. The third kappa shape index (κ3) is 53.7. The van der Waals surface area contributed by atoms with E-state index in [1.54, 1.807) is 0 Å². The van der Waals surface area contributed by atoms with Crippen LogP contribution < -0.4 is 90.7 Å². The van der Waals surface area contributed by atoms with Crippen molar-refractivity contribution in [2.45, 2.75) is 0 Å². The fraction of sp³-hybridized carbons (Fsp3) is 0. The second kappa shape index (κ2) is 10.8. The van der Waals surface area contributed by atoms with Gasteiger partial charge in [-0.25, -0.2) is 9.13 Å². The maximum atomic E-state index is 9.55. The van der Waals surface area contributed by atoms with E-state index in [1.165, 1.54) is 0 Å². The van der Waals surface area contributed by atoms with Crippen LogP contribution >= 0.6 is 23.5 Å². The van der Waals surface area contributed by atoms with Crippen LogP contribution in [0.15, 0.2) is 0 Å². The fourth-order valence-corrected chi connectivity index (χ4v) is 1.17. The van der Waals surface area contributed by atoms with Gasteiger partial charge in [0.05, 0.1) is 7.82 Å². The molecule has 0 amide bonds. The summed E-state index contributed by atoms with van der Waals surface area (Å²) in [6.07, 6.45) is 0. The Kier molecular flexibility index (Phi) is 18.4. The monoisotopic (exact) mass is 336 g/mol. The van der Waals surface area contributed by atoms with E-state index in [0.717, 1.165) is 0 Å². The molecule has 0 aromatic carbocycles. The van der Waals surface area contributed by atoms with E-state index in [-0.39, 0.29) is 80.9 Å². The molecule has 0 aliphatic carbocycles. The average molecular weight is 336 g/mol. The van der Waals surface area contributed by atoms with Gasteiger partial charge in [-0.1, -0.05) is 0 Å². The van der Waals surface area contributed by atoms with Gasteiger partial charge in [0.1, 0.15) is 0 Å². The van der Waals surface area contributed by atoms with Crippen LogP contribution in [0.25, 0.3) is 0 Å². The van der Waals surface area contributed by atoms with E-state index in [1.807, 2.05) is 0 Å². The van der Waals surface area contributed by atoms with Gasteiger partial charge in [0.2, 0.25) is 0 Å². The predicted octanol–water partition coefficient (Wildman–Crippen LogP) is -9.00. The molecule has 5 N–H and O–H groups in total. The molecule has 16 heavy (non-hydrogen) atoms. The normalized spacial score (nSPS) is 11.4. The van der Waals surface area contributed by atoms with Gasteiger partial charge >= 0.3 is 96.6 Å². The van der Waals surface area contributed by atoms with Gasteiger partial charge in [0.15, 0.2) is 0 Å². The van der Waals surface area contributed by atoms with Crippen LogP contribution in [0.3, 0.4) is 0 Å². The first kappa shape index (κ1) is 27.4. The molecule has 0 aromatic heterocycles. The zero-order chi connectivity index (χ0) is 12.2. The first-order valence-corrected chi connectivity index (χ1v) is 6.83. The number of hydrogen-bond acceptors (Lipinski definition) is 6. The Bertz CT molecular complexity index is 264. The van der Waals surface area contributed by atoms with Gasteiger partial charge in [-0.15, -0.1) is 0 Å². The standard InChI is InChI=1S/K.Na.H4O7P2.H3O4P/c;;1-8(2,3)7-9(4,5)6;1-5(2,3)4/h;;(H2,1,2,3)(H2,4,5,6);(H3,1,2,3,4)/q2*+1;;/p-2. The Balaban J connectivity index is -0.0000000904. The minimum atomic E-state index is -5.55. The van der Waals surface area contributed by atoms with Crippen molar-refractivity contribution < 1.29 is 133 Å². The van der Waals surface area contributed by atoms with E-state index >= 15 is 0 Å². The van der Waals surface area contributed by atoms with Gasteiger partial charge in [-0.2, -0.15) is 0 Å². The Morgan fingerprint density at radius 2 is 1.06 bits per heavy atom. The Morgan fingerprint density at radius 1 is 0.875 bits per heavy atom. The Hall–Kier alpha value is 3.01. The molecule has 0 fully saturated rings. The van der Waals surface area contributed by atoms with E-state index in [9.17, 15) is 18.9 Å². The first-order chi connectivity index (χ1) is 5.71. The molecule has 0 heterocycles. The molecule has 0 radical (unpaired) electrons. The maximum absolute atomic E-state index is 9.55. The van der Waals surface area contributed by atoms with Crippen molar-refractivity contribution in [1.29, 1.82) is 0 Å². The summed E-state index contributed by atoms with van der Waals surface area (Å²) < 4.78 is 30.6. The predicted molar refractivity (Wildman–Crippen MR) is 35.0 cm³/mol. The molecule has 0 aliphatic rings. The summed E-state index contributed by atoms with van der Waals surface area (Å²) >= 11 is 0. The number of hydrogen-bond donors (Lipinski definition) is 5. The third-order valence-corrected chi connectivity index (χ3v) is 1.86. The van der Waals surface area contributed by atoms with Crippen LogP contribution in [-0.2, 0) is 18.0 Å². The van der Waals surface area contributed by atoms with E-state index in [0.29, 0.717) is 0 Å². The minimum Gasteiger partial charge on any atom is -0.789 e. The van der Waals surface area contributed by atoms with Crippen LogP contribution in [0.2, 0.25) is 0 Å². The van der Waals surface area contributed by atoms with Crippen molar-refractivity contribution in [3.05, 3.63) is 0 Å². The van der Waals surface area contributed by atoms with Gasteiger partial charge in [0, 0.05) is 0 Å². The van der Waals surface area contributed by atoms with Crippen molar-refractivity contribution in [3.8, 4) is 0 Å². The molecule has 0 spiro atoms. The number of rotatable bonds is 2. The molecule has 0 aromatic rings. The van der Waals surface area contributed by atoms with E-state index in [2.05, 4.69) is 4.31 Å². The van der Waals surface area contributed by atoms with Crippen molar-refractivity contribution >= 4 is 23.5 Å². The quantitative estimate of drug-likeness (QED) is 0.236. The molecule has 0 saturated heterocycles. The van der Waals surface area contributed by atoms with Gasteiger partial charge in [0.25, 0.3) is 0 Å². The van der Waals surface area contributed by atoms with Gasteiger partial charge in [-0.3, -0.25) is 4.31 Å². The van der Waals surface area contributed by atoms with Crippen molar-refractivity contribution in [2.24, 2.45) is 0 Å². The molecule has 0 rings (SSSR count). The second-order valence-electron chi connectivity index (χ2n) is 1.53. The molecular weight excluding hydrogens is 331 g/mol. The first-order valence-electron chi connectivity index (χ1n) is 2.28. The van der Waals surface area contributed by atoms with Crippen LogP contribution in [0.5, 0.6) is 0 Å². The smallest absolute Gasteiger partial charge is 0.789 e. The summed E-state index contributed by atoms with van der Waals surface area (Å²) in [6.45, 7) is 0. The van der Waals surface area contributed by atoms with E-state index in [4.69, 9.17) is 29.0 Å². The molecule has 0 aliphatic heterocycles. The van der Waals surface area contributed by atoms with Crippen molar-refractivity contribution in [1.82, 2.24) is 0 Å². The SMILES string of the molecule is O=P(O)(O)O.O=P([O-])([O-])OP(=O)(O)O.[K+].[Na+]. The molecule has 16 heteroatoms. The molecule has 0 saturated carbocycles. The molecular formula is H5KNaO11P3. The van der Waals surface area contributed by atoms with E-state index < -0.39 is 23.5 Å². The molecule has 0 unspecified atom stereocenters. The largest absolute Gasteiger partial charge is 1.00 e. The maximum Gasteiger partial charge on any atom is 1.00 e. The summed E-state index contributed by atoms with van der Waals surface area (Å²) in [5.74, 6) is 0. The van der Waals surface area contributed by atoms with Gasteiger partial charge < -0.3 is 38.8 Å².